The topological polar surface area (TPSA) is 49.3 Å². The van der Waals surface area contributed by atoms with E-state index in [0.717, 1.165) is 24.2 Å². The van der Waals surface area contributed by atoms with Crippen molar-refractivity contribution in [2.24, 2.45) is 0 Å². The van der Waals surface area contributed by atoms with E-state index in [1.807, 2.05) is 36.9 Å². The van der Waals surface area contributed by atoms with Gasteiger partial charge < -0.3 is 10.4 Å². The molecule has 0 unspecified atom stereocenters. The highest BCUT2D eigenvalue weighted by Crippen LogP contribution is 2.11. The summed E-state index contributed by atoms with van der Waals surface area (Å²) in [6.45, 7) is 2.42. The van der Waals surface area contributed by atoms with Crippen molar-refractivity contribution in [1.29, 1.82) is 0 Å². The van der Waals surface area contributed by atoms with Crippen LogP contribution in [-0.2, 0) is 0 Å². The van der Waals surface area contributed by atoms with Crippen molar-refractivity contribution in [3.63, 3.8) is 0 Å². The zero-order valence-electron chi connectivity index (χ0n) is 12.0. The lowest BCUT2D eigenvalue weighted by molar-refractivity contribution is 0.0953. The molecule has 0 spiro atoms. The van der Waals surface area contributed by atoms with Gasteiger partial charge >= 0.3 is 0 Å². The Kier molecular flexibility index (Phi) is 7.86. The second-order valence-corrected chi connectivity index (χ2v) is 5.45. The largest absolute Gasteiger partial charge is 0.384 e. The maximum atomic E-state index is 12.2. The zero-order chi connectivity index (χ0) is 14.8. The van der Waals surface area contributed by atoms with Gasteiger partial charge in [-0.15, -0.1) is 0 Å². The quantitative estimate of drug-likeness (QED) is 0.624. The van der Waals surface area contributed by atoms with Crippen molar-refractivity contribution in [3.05, 3.63) is 34.9 Å². The van der Waals surface area contributed by atoms with Crippen LogP contribution in [0.3, 0.4) is 0 Å². The summed E-state index contributed by atoms with van der Waals surface area (Å²) in [5.41, 5.74) is 2.26. The standard InChI is InChI=1S/C16H21NO2S/c1-13-7-8-14(6-5-10-18)15(12-13)16(19)17-9-3-4-11-20-2/h7-8,12,18H,3-4,9-11H2,1-2H3,(H,17,19). The molecule has 1 aromatic carbocycles. The van der Waals surface area contributed by atoms with Crippen molar-refractivity contribution in [3.8, 4) is 11.8 Å². The molecule has 0 heterocycles. The number of aliphatic hydroxyl groups is 1. The molecule has 3 nitrogen and oxygen atoms in total. The molecule has 0 radical (unpaired) electrons. The van der Waals surface area contributed by atoms with E-state index in [-0.39, 0.29) is 12.5 Å². The number of nitrogens with one attached hydrogen (secondary N) is 1. The SMILES string of the molecule is CSCCCCNC(=O)c1cc(C)ccc1C#CCO. The molecule has 108 valence electrons. The highest BCUT2D eigenvalue weighted by molar-refractivity contribution is 7.98. The number of rotatable bonds is 6. The summed E-state index contributed by atoms with van der Waals surface area (Å²) in [7, 11) is 0. The van der Waals surface area contributed by atoms with Gasteiger partial charge in [-0.1, -0.05) is 23.5 Å². The zero-order valence-corrected chi connectivity index (χ0v) is 12.8. The van der Waals surface area contributed by atoms with Crippen molar-refractivity contribution in [2.45, 2.75) is 19.8 Å². The molecule has 0 fully saturated rings. The van der Waals surface area contributed by atoms with Gasteiger partial charge in [0.2, 0.25) is 0 Å². The normalized spacial score (nSPS) is 9.75. The lowest BCUT2D eigenvalue weighted by Crippen LogP contribution is -2.25. The van der Waals surface area contributed by atoms with Crippen molar-refractivity contribution < 1.29 is 9.90 Å². The van der Waals surface area contributed by atoms with Crippen molar-refractivity contribution >= 4 is 17.7 Å². The average Bonchev–Trinajstić information content (AvgIpc) is 2.45. The molecule has 0 bridgehead atoms. The molecule has 1 amide bonds. The van der Waals surface area contributed by atoms with E-state index in [2.05, 4.69) is 23.4 Å². The Balaban J connectivity index is 2.68. The van der Waals surface area contributed by atoms with Crippen LogP contribution in [0.15, 0.2) is 18.2 Å². The number of amides is 1. The number of aryl methyl sites for hydroxylation is 1. The molecule has 2 N–H and O–H groups in total. The van der Waals surface area contributed by atoms with E-state index in [1.54, 1.807) is 0 Å². The first kappa shape index (κ1) is 16.6. The van der Waals surface area contributed by atoms with Gasteiger partial charge in [0.1, 0.15) is 6.61 Å². The minimum Gasteiger partial charge on any atom is -0.384 e. The third-order valence-electron chi connectivity index (χ3n) is 2.78. The van der Waals surface area contributed by atoms with Crippen LogP contribution in [0.25, 0.3) is 0 Å². The number of thioether (sulfide) groups is 1. The second kappa shape index (κ2) is 9.46. The highest BCUT2D eigenvalue weighted by Gasteiger charge is 2.09. The first-order chi connectivity index (χ1) is 9.69. The van der Waals surface area contributed by atoms with Gasteiger partial charge in [-0.05, 0) is 43.9 Å². The number of carbonyl (C=O) groups excluding carboxylic acids is 1. The Morgan fingerprint density at radius 2 is 2.20 bits per heavy atom. The number of carbonyl (C=O) groups is 1. The van der Waals surface area contributed by atoms with Gasteiger partial charge in [-0.3, -0.25) is 4.79 Å². The molecular weight excluding hydrogens is 270 g/mol. The Hall–Kier alpha value is -1.44. The van der Waals surface area contributed by atoms with Crippen molar-refractivity contribution in [1.82, 2.24) is 5.32 Å². The summed E-state index contributed by atoms with van der Waals surface area (Å²) in [6, 6.07) is 5.57. The number of hydrogen-bond donors (Lipinski definition) is 2. The first-order valence-electron chi connectivity index (χ1n) is 6.66. The lowest BCUT2D eigenvalue weighted by Gasteiger charge is -2.08. The number of benzene rings is 1. The van der Waals surface area contributed by atoms with Crippen LogP contribution in [0.5, 0.6) is 0 Å². The van der Waals surface area contributed by atoms with Gasteiger partial charge in [0, 0.05) is 12.1 Å². The Morgan fingerprint density at radius 1 is 1.40 bits per heavy atom. The predicted molar refractivity (Wildman–Crippen MR) is 85.1 cm³/mol. The molecule has 0 saturated carbocycles. The first-order valence-corrected chi connectivity index (χ1v) is 8.06. The van der Waals surface area contributed by atoms with Gasteiger partial charge in [0.15, 0.2) is 0 Å². The Morgan fingerprint density at radius 3 is 2.90 bits per heavy atom. The summed E-state index contributed by atoms with van der Waals surface area (Å²) in [4.78, 5) is 12.2. The predicted octanol–water partition coefficient (Wildman–Crippen LogP) is 2.21. The van der Waals surface area contributed by atoms with Crippen LogP contribution in [0.4, 0.5) is 0 Å². The molecule has 0 saturated heterocycles. The molecule has 1 aromatic rings. The summed E-state index contributed by atoms with van der Waals surface area (Å²) < 4.78 is 0. The van der Waals surface area contributed by atoms with E-state index < -0.39 is 0 Å². The van der Waals surface area contributed by atoms with Gasteiger partial charge in [0.05, 0.1) is 5.56 Å². The lowest BCUT2D eigenvalue weighted by atomic mass is 10.0. The van der Waals surface area contributed by atoms with E-state index in [1.165, 1.54) is 0 Å². The van der Waals surface area contributed by atoms with E-state index >= 15 is 0 Å². The maximum Gasteiger partial charge on any atom is 0.252 e. The highest BCUT2D eigenvalue weighted by atomic mass is 32.2. The molecule has 20 heavy (non-hydrogen) atoms. The van der Waals surface area contributed by atoms with Gasteiger partial charge in [0.25, 0.3) is 5.91 Å². The van der Waals surface area contributed by atoms with Crippen LogP contribution < -0.4 is 5.32 Å². The van der Waals surface area contributed by atoms with Crippen LogP contribution in [0.2, 0.25) is 0 Å². The third kappa shape index (κ3) is 5.68. The minimum atomic E-state index is -0.205. The molecule has 0 aliphatic heterocycles. The average molecular weight is 291 g/mol. The maximum absolute atomic E-state index is 12.2. The summed E-state index contributed by atoms with van der Waals surface area (Å²) in [5, 5.41) is 11.7. The van der Waals surface area contributed by atoms with E-state index in [4.69, 9.17) is 5.11 Å². The molecule has 4 heteroatoms. The minimum absolute atomic E-state index is 0.0971. The number of hydrogen-bond acceptors (Lipinski definition) is 3. The smallest absolute Gasteiger partial charge is 0.252 e. The third-order valence-corrected chi connectivity index (χ3v) is 3.48. The fraction of sp³-hybridized carbons (Fsp3) is 0.438. The van der Waals surface area contributed by atoms with Crippen LogP contribution in [0, 0.1) is 18.8 Å². The summed E-state index contributed by atoms with van der Waals surface area (Å²) in [6.07, 6.45) is 4.17. The Labute approximate surface area is 125 Å². The number of unbranched alkanes of at least 4 members (excludes halogenated alkanes) is 1. The molecule has 0 atom stereocenters. The van der Waals surface area contributed by atoms with Crippen LogP contribution in [-0.4, -0.2) is 36.2 Å². The van der Waals surface area contributed by atoms with Crippen LogP contribution in [0.1, 0.15) is 34.3 Å². The van der Waals surface area contributed by atoms with E-state index in [9.17, 15) is 4.79 Å². The second-order valence-electron chi connectivity index (χ2n) is 4.46. The van der Waals surface area contributed by atoms with E-state index in [0.29, 0.717) is 17.7 Å². The van der Waals surface area contributed by atoms with Crippen molar-refractivity contribution in [2.75, 3.05) is 25.2 Å². The molecular formula is C16H21NO2S. The molecule has 0 aliphatic rings. The fourth-order valence-corrected chi connectivity index (χ4v) is 2.25. The van der Waals surface area contributed by atoms with Gasteiger partial charge in [-0.2, -0.15) is 11.8 Å². The summed E-state index contributed by atoms with van der Waals surface area (Å²) in [5.74, 6) is 6.43. The number of aliphatic hydroxyl groups excluding tert-OH is 1. The molecule has 1 rings (SSSR count). The summed E-state index contributed by atoms with van der Waals surface area (Å²) >= 11 is 1.82. The Bertz CT molecular complexity index is 503. The van der Waals surface area contributed by atoms with Gasteiger partial charge in [-0.25, -0.2) is 0 Å². The molecule has 0 aromatic heterocycles. The molecule has 0 aliphatic carbocycles. The fourth-order valence-electron chi connectivity index (χ4n) is 1.76. The monoisotopic (exact) mass is 291 g/mol. The van der Waals surface area contributed by atoms with Crippen LogP contribution >= 0.6 is 11.8 Å².